The van der Waals surface area contributed by atoms with Crippen LogP contribution in [0, 0.1) is 11.6 Å². The van der Waals surface area contributed by atoms with Crippen molar-refractivity contribution in [3.05, 3.63) is 59.4 Å². The van der Waals surface area contributed by atoms with Gasteiger partial charge in [0.1, 0.15) is 23.0 Å². The minimum absolute atomic E-state index is 0.201. The van der Waals surface area contributed by atoms with Crippen molar-refractivity contribution in [3.8, 4) is 0 Å². The Labute approximate surface area is 148 Å². The molecule has 26 heavy (non-hydrogen) atoms. The van der Waals surface area contributed by atoms with Gasteiger partial charge in [-0.25, -0.2) is 18.3 Å². The molecule has 2 aromatic heterocycles. The maximum absolute atomic E-state index is 13.4. The zero-order chi connectivity index (χ0) is 18.3. The number of nitrogens with one attached hydrogen (secondary N) is 2. The van der Waals surface area contributed by atoms with E-state index in [0.29, 0.717) is 22.6 Å². The quantitative estimate of drug-likeness (QED) is 0.736. The van der Waals surface area contributed by atoms with Gasteiger partial charge in [0.15, 0.2) is 5.65 Å². The van der Waals surface area contributed by atoms with Crippen molar-refractivity contribution < 1.29 is 13.6 Å². The van der Waals surface area contributed by atoms with Gasteiger partial charge in [0.25, 0.3) is 5.91 Å². The molecular weight excluding hydrogens is 340 g/mol. The molecule has 6 nitrogen and oxygen atoms in total. The lowest BCUT2D eigenvalue weighted by Crippen LogP contribution is -2.25. The first-order valence-corrected chi connectivity index (χ1v) is 8.37. The monoisotopic (exact) mass is 357 g/mol. The number of hydrogen-bond donors (Lipinski definition) is 2. The van der Waals surface area contributed by atoms with E-state index in [-0.39, 0.29) is 18.0 Å². The van der Waals surface area contributed by atoms with Crippen molar-refractivity contribution in [2.24, 2.45) is 0 Å². The second-order valence-electron chi connectivity index (χ2n) is 6.46. The molecule has 2 heterocycles. The molecule has 134 valence electrons. The zero-order valence-corrected chi connectivity index (χ0v) is 14.0. The molecule has 1 atom stereocenters. The van der Waals surface area contributed by atoms with Gasteiger partial charge in [-0.05, 0) is 43.5 Å². The molecule has 1 aliphatic rings. The molecule has 0 bridgehead atoms. The van der Waals surface area contributed by atoms with Crippen LogP contribution in [0.3, 0.4) is 0 Å². The third-order valence-corrected chi connectivity index (χ3v) is 4.28. The van der Waals surface area contributed by atoms with Gasteiger partial charge < -0.3 is 10.6 Å². The number of benzene rings is 1. The number of carbonyl (C=O) groups is 1. The van der Waals surface area contributed by atoms with E-state index in [1.165, 1.54) is 22.8 Å². The van der Waals surface area contributed by atoms with Crippen molar-refractivity contribution in [2.75, 3.05) is 5.32 Å². The van der Waals surface area contributed by atoms with E-state index >= 15 is 0 Å². The van der Waals surface area contributed by atoms with Crippen LogP contribution in [0.2, 0.25) is 0 Å². The van der Waals surface area contributed by atoms with Gasteiger partial charge in [0.2, 0.25) is 0 Å². The number of fused-ring (bicyclic) bond motifs is 1. The molecule has 1 aromatic carbocycles. The van der Waals surface area contributed by atoms with Crippen LogP contribution < -0.4 is 10.6 Å². The highest BCUT2D eigenvalue weighted by atomic mass is 19.1. The standard InChI is InChI=1S/C18H17F2N5O/c1-10(11-6-12(19)8-13(20)7-11)22-16-4-5-25-17(24-16)15(9-21-25)18(26)23-14-2-3-14/h4-10,14H,2-3H2,1H3,(H,22,24)(H,23,26). The lowest BCUT2D eigenvalue weighted by molar-refractivity contribution is 0.0952. The maximum Gasteiger partial charge on any atom is 0.256 e. The molecule has 8 heteroatoms. The fourth-order valence-corrected chi connectivity index (χ4v) is 2.73. The maximum atomic E-state index is 13.4. The third-order valence-electron chi connectivity index (χ3n) is 4.28. The molecule has 1 aliphatic carbocycles. The van der Waals surface area contributed by atoms with Crippen molar-refractivity contribution in [1.29, 1.82) is 0 Å². The Hall–Kier alpha value is -3.03. The lowest BCUT2D eigenvalue weighted by atomic mass is 10.1. The van der Waals surface area contributed by atoms with Gasteiger partial charge in [0.05, 0.1) is 12.2 Å². The zero-order valence-electron chi connectivity index (χ0n) is 14.0. The van der Waals surface area contributed by atoms with Gasteiger partial charge in [-0.3, -0.25) is 4.79 Å². The van der Waals surface area contributed by atoms with E-state index in [4.69, 9.17) is 0 Å². The number of rotatable bonds is 5. The average molecular weight is 357 g/mol. The SMILES string of the molecule is CC(Nc1ccn2ncc(C(=O)NC3CC3)c2n1)c1cc(F)cc(F)c1. The van der Waals surface area contributed by atoms with Crippen molar-refractivity contribution in [3.63, 3.8) is 0 Å². The van der Waals surface area contributed by atoms with Crippen molar-refractivity contribution >= 4 is 17.4 Å². The number of nitrogens with zero attached hydrogens (tertiary/aromatic N) is 3. The summed E-state index contributed by atoms with van der Waals surface area (Å²) in [6.07, 6.45) is 5.15. The summed E-state index contributed by atoms with van der Waals surface area (Å²) in [7, 11) is 0. The van der Waals surface area contributed by atoms with Crippen LogP contribution in [-0.2, 0) is 0 Å². The van der Waals surface area contributed by atoms with Gasteiger partial charge in [-0.2, -0.15) is 5.10 Å². The molecule has 1 fully saturated rings. The molecule has 0 saturated heterocycles. The Kier molecular flexibility index (Phi) is 4.02. The van der Waals surface area contributed by atoms with Crippen LogP contribution in [-0.4, -0.2) is 26.5 Å². The molecule has 1 unspecified atom stereocenters. The van der Waals surface area contributed by atoms with Crippen molar-refractivity contribution in [2.45, 2.75) is 31.8 Å². The Morgan fingerprint density at radius 1 is 1.27 bits per heavy atom. The largest absolute Gasteiger partial charge is 0.363 e. The Balaban J connectivity index is 1.59. The highest BCUT2D eigenvalue weighted by Crippen LogP contribution is 2.22. The number of halogens is 2. The summed E-state index contributed by atoms with van der Waals surface area (Å²) in [5.41, 5.74) is 1.28. The average Bonchev–Trinajstić information content (AvgIpc) is 3.30. The van der Waals surface area contributed by atoms with E-state index in [9.17, 15) is 13.6 Å². The van der Waals surface area contributed by atoms with Crippen molar-refractivity contribution in [1.82, 2.24) is 19.9 Å². The summed E-state index contributed by atoms with van der Waals surface area (Å²) in [6.45, 7) is 1.77. The molecule has 1 saturated carbocycles. The summed E-state index contributed by atoms with van der Waals surface area (Å²) >= 11 is 0. The van der Waals surface area contributed by atoms with E-state index < -0.39 is 11.6 Å². The van der Waals surface area contributed by atoms with Gasteiger partial charge in [-0.15, -0.1) is 0 Å². The fourth-order valence-electron chi connectivity index (χ4n) is 2.73. The molecule has 1 amide bonds. The molecular formula is C18H17F2N5O. The molecule has 3 aromatic rings. The smallest absolute Gasteiger partial charge is 0.256 e. The third kappa shape index (κ3) is 3.35. The number of carbonyl (C=O) groups excluding carboxylic acids is 1. The van der Waals surface area contributed by atoms with E-state index in [0.717, 1.165) is 18.9 Å². The predicted molar refractivity (Wildman–Crippen MR) is 91.9 cm³/mol. The summed E-state index contributed by atoms with van der Waals surface area (Å²) < 4.78 is 28.3. The van der Waals surface area contributed by atoms with E-state index in [2.05, 4.69) is 20.7 Å². The lowest BCUT2D eigenvalue weighted by Gasteiger charge is -2.15. The van der Waals surface area contributed by atoms with Crippen LogP contribution >= 0.6 is 0 Å². The minimum Gasteiger partial charge on any atom is -0.363 e. The summed E-state index contributed by atoms with van der Waals surface area (Å²) in [5.74, 6) is -0.984. The van der Waals surface area contributed by atoms with Crippen LogP contribution in [0.1, 0.15) is 41.7 Å². The molecule has 4 rings (SSSR count). The fraction of sp³-hybridized carbons (Fsp3) is 0.278. The first-order chi connectivity index (χ1) is 12.5. The minimum atomic E-state index is -0.633. The molecule has 0 radical (unpaired) electrons. The van der Waals surface area contributed by atoms with Crippen LogP contribution in [0.15, 0.2) is 36.7 Å². The second kappa shape index (κ2) is 6.36. The van der Waals surface area contributed by atoms with E-state index in [1.807, 2.05) is 0 Å². The predicted octanol–water partition coefficient (Wildman–Crippen LogP) is 3.07. The highest BCUT2D eigenvalue weighted by molar-refractivity contribution is 6.00. The van der Waals surface area contributed by atoms with Gasteiger partial charge >= 0.3 is 0 Å². The second-order valence-corrected chi connectivity index (χ2v) is 6.46. The number of anilines is 1. The number of aromatic nitrogens is 3. The summed E-state index contributed by atoms with van der Waals surface area (Å²) in [4.78, 5) is 16.7. The highest BCUT2D eigenvalue weighted by Gasteiger charge is 2.25. The summed E-state index contributed by atoms with van der Waals surface area (Å²) in [6, 6.07) is 4.93. The normalized spacial score (nSPS) is 15.0. The van der Waals surface area contributed by atoms with Crippen LogP contribution in [0.25, 0.3) is 5.65 Å². The van der Waals surface area contributed by atoms with E-state index in [1.54, 1.807) is 19.2 Å². The van der Waals surface area contributed by atoms with Crippen LogP contribution in [0.4, 0.5) is 14.6 Å². The topological polar surface area (TPSA) is 71.3 Å². The summed E-state index contributed by atoms with van der Waals surface area (Å²) in [5, 5.41) is 10.1. The molecule has 0 spiro atoms. The first-order valence-electron chi connectivity index (χ1n) is 8.37. The van der Waals surface area contributed by atoms with Gasteiger partial charge in [-0.1, -0.05) is 0 Å². The number of amides is 1. The van der Waals surface area contributed by atoms with Gasteiger partial charge in [0, 0.05) is 18.3 Å². The van der Waals surface area contributed by atoms with Crippen LogP contribution in [0.5, 0.6) is 0 Å². The molecule has 0 aliphatic heterocycles. The molecule has 2 N–H and O–H groups in total. The Morgan fingerprint density at radius 2 is 2.00 bits per heavy atom. The Morgan fingerprint density at radius 3 is 2.69 bits per heavy atom. The number of hydrogen-bond acceptors (Lipinski definition) is 4. The first kappa shape index (κ1) is 16.4. The Bertz CT molecular complexity index is 963.